The van der Waals surface area contributed by atoms with Gasteiger partial charge in [0.15, 0.2) is 17.6 Å². The highest BCUT2D eigenvalue weighted by atomic mass is 16.6. The zero-order valence-corrected chi connectivity index (χ0v) is 16.9. The number of ether oxygens (including phenoxy) is 3. The Kier molecular flexibility index (Phi) is 4.86. The number of H-pyrrole nitrogens is 1. The first kappa shape index (κ1) is 18.7. The van der Waals surface area contributed by atoms with E-state index in [-0.39, 0.29) is 18.2 Å². The Morgan fingerprint density at radius 2 is 2.10 bits per heavy atom. The number of aromatic amines is 1. The molecule has 7 heteroatoms. The summed E-state index contributed by atoms with van der Waals surface area (Å²) in [6.45, 7) is 0.790. The van der Waals surface area contributed by atoms with E-state index in [9.17, 15) is 4.79 Å². The molecule has 156 valence electrons. The highest BCUT2D eigenvalue weighted by molar-refractivity contribution is 5.87. The number of hydrogen-bond donors (Lipinski definition) is 3. The van der Waals surface area contributed by atoms with Gasteiger partial charge in [0.1, 0.15) is 12.4 Å². The molecule has 0 bridgehead atoms. The van der Waals surface area contributed by atoms with Gasteiger partial charge in [0, 0.05) is 16.6 Å². The summed E-state index contributed by atoms with van der Waals surface area (Å²) in [6, 6.07) is 13.4. The maximum Gasteiger partial charge on any atom is 0.315 e. The van der Waals surface area contributed by atoms with E-state index >= 15 is 0 Å². The van der Waals surface area contributed by atoms with Crippen LogP contribution in [-0.2, 0) is 6.42 Å². The van der Waals surface area contributed by atoms with Gasteiger partial charge in [0.2, 0.25) is 0 Å². The van der Waals surface area contributed by atoms with Crippen LogP contribution in [-0.4, -0.2) is 37.4 Å². The van der Waals surface area contributed by atoms with Crippen LogP contribution in [0.15, 0.2) is 42.5 Å². The zero-order valence-electron chi connectivity index (χ0n) is 16.9. The van der Waals surface area contributed by atoms with Gasteiger partial charge in [-0.05, 0) is 55.2 Å². The average Bonchev–Trinajstić information content (AvgIpc) is 3.16. The molecule has 7 nitrogen and oxygen atoms in total. The van der Waals surface area contributed by atoms with Crippen molar-refractivity contribution in [1.29, 1.82) is 0 Å². The fourth-order valence-corrected chi connectivity index (χ4v) is 4.29. The third-order valence-corrected chi connectivity index (χ3v) is 5.78. The molecule has 5 rings (SSSR count). The largest absolute Gasteiger partial charge is 0.497 e. The minimum atomic E-state index is -0.215. The van der Waals surface area contributed by atoms with Gasteiger partial charge in [-0.3, -0.25) is 0 Å². The van der Waals surface area contributed by atoms with Gasteiger partial charge in [-0.2, -0.15) is 0 Å². The number of urea groups is 1. The molecule has 2 aliphatic rings. The minimum Gasteiger partial charge on any atom is -0.497 e. The molecule has 2 atom stereocenters. The zero-order chi connectivity index (χ0) is 20.5. The molecule has 2 aromatic carbocycles. The summed E-state index contributed by atoms with van der Waals surface area (Å²) in [5.41, 5.74) is 3.42. The van der Waals surface area contributed by atoms with Crippen LogP contribution in [0, 0.1) is 0 Å². The molecule has 0 unspecified atom stereocenters. The van der Waals surface area contributed by atoms with Gasteiger partial charge in [-0.25, -0.2) is 4.79 Å². The number of benzene rings is 2. The lowest BCUT2D eigenvalue weighted by Crippen LogP contribution is -2.45. The number of carbonyl (C=O) groups is 1. The van der Waals surface area contributed by atoms with E-state index in [0.717, 1.165) is 42.0 Å². The molecule has 2 heterocycles. The fourth-order valence-electron chi connectivity index (χ4n) is 4.29. The summed E-state index contributed by atoms with van der Waals surface area (Å²) in [5.74, 6) is 2.29. The second-order valence-electron chi connectivity index (χ2n) is 7.73. The van der Waals surface area contributed by atoms with E-state index in [1.165, 1.54) is 10.9 Å². The summed E-state index contributed by atoms with van der Waals surface area (Å²) < 4.78 is 17.0. The van der Waals surface area contributed by atoms with Crippen LogP contribution in [0.3, 0.4) is 0 Å². The highest BCUT2D eigenvalue weighted by Gasteiger charge is 2.27. The molecular formula is C23H25N3O4. The Labute approximate surface area is 174 Å². The number of carbonyl (C=O) groups excluding carboxylic acids is 1. The third-order valence-electron chi connectivity index (χ3n) is 5.78. The van der Waals surface area contributed by atoms with Gasteiger partial charge in [0.25, 0.3) is 0 Å². The van der Waals surface area contributed by atoms with E-state index in [2.05, 4.69) is 21.7 Å². The molecule has 2 amide bonds. The topological polar surface area (TPSA) is 84.6 Å². The van der Waals surface area contributed by atoms with Crippen LogP contribution in [0.4, 0.5) is 4.79 Å². The number of methoxy groups -OCH3 is 1. The Balaban J connectivity index is 1.23. The first-order valence-corrected chi connectivity index (χ1v) is 10.3. The van der Waals surface area contributed by atoms with E-state index < -0.39 is 0 Å². The predicted molar refractivity (Wildman–Crippen MR) is 113 cm³/mol. The van der Waals surface area contributed by atoms with Gasteiger partial charge >= 0.3 is 6.03 Å². The number of nitrogens with one attached hydrogen (secondary N) is 3. The molecule has 0 fully saturated rings. The lowest BCUT2D eigenvalue weighted by Gasteiger charge is -2.27. The van der Waals surface area contributed by atoms with Crippen molar-refractivity contribution >= 4 is 16.9 Å². The van der Waals surface area contributed by atoms with E-state index in [4.69, 9.17) is 14.2 Å². The smallest absolute Gasteiger partial charge is 0.315 e. The normalized spacial score (nSPS) is 19.8. The average molecular weight is 407 g/mol. The molecule has 1 aliphatic heterocycles. The van der Waals surface area contributed by atoms with Crippen LogP contribution < -0.4 is 24.8 Å². The maximum atomic E-state index is 12.6. The lowest BCUT2D eigenvalue weighted by molar-refractivity contribution is 0.0916. The number of hydrogen-bond acceptors (Lipinski definition) is 4. The van der Waals surface area contributed by atoms with Crippen LogP contribution in [0.2, 0.25) is 0 Å². The Morgan fingerprint density at radius 1 is 1.23 bits per heavy atom. The molecule has 0 spiro atoms. The van der Waals surface area contributed by atoms with Gasteiger partial charge in [-0.15, -0.1) is 0 Å². The Morgan fingerprint density at radius 3 is 2.97 bits per heavy atom. The van der Waals surface area contributed by atoms with Crippen molar-refractivity contribution < 1.29 is 19.0 Å². The summed E-state index contributed by atoms with van der Waals surface area (Å²) in [5, 5.41) is 7.21. The van der Waals surface area contributed by atoms with Crippen LogP contribution in [0.25, 0.3) is 10.9 Å². The number of para-hydroxylation sites is 2. The SMILES string of the molecule is COc1ccc2[nH]c3c(c2c1)CCC[C@H]3NC(=O)NC[C@@H]1COc2ccccc2O1. The summed E-state index contributed by atoms with van der Waals surface area (Å²) in [6.07, 6.45) is 2.71. The Bertz CT molecular complexity index is 1080. The van der Waals surface area contributed by atoms with Crippen molar-refractivity contribution in [2.75, 3.05) is 20.3 Å². The molecule has 1 aliphatic carbocycles. The standard InChI is InChI=1S/C23H25N3O4/c1-28-14-9-10-18-17(11-14)16-5-4-6-19(22(16)25-18)26-23(27)24-12-15-13-29-20-7-2-3-8-21(20)30-15/h2-3,7-11,15,19,25H,4-6,12-13H2,1H3,(H2,24,26,27)/t15-,19-/m1/s1. The maximum absolute atomic E-state index is 12.6. The van der Waals surface area contributed by atoms with Crippen LogP contribution in [0.5, 0.6) is 17.2 Å². The molecule has 1 aromatic heterocycles. The van der Waals surface area contributed by atoms with E-state index in [1.54, 1.807) is 7.11 Å². The predicted octanol–water partition coefficient (Wildman–Crippen LogP) is 3.69. The van der Waals surface area contributed by atoms with E-state index in [1.807, 2.05) is 36.4 Å². The molecular weight excluding hydrogens is 382 g/mol. The van der Waals surface area contributed by atoms with Crippen molar-refractivity contribution in [3.8, 4) is 17.2 Å². The van der Waals surface area contributed by atoms with Gasteiger partial charge in [0.05, 0.1) is 19.7 Å². The quantitative estimate of drug-likeness (QED) is 0.616. The van der Waals surface area contributed by atoms with Crippen molar-refractivity contribution in [3.63, 3.8) is 0 Å². The second kappa shape index (κ2) is 7.82. The highest BCUT2D eigenvalue weighted by Crippen LogP contribution is 2.36. The van der Waals surface area contributed by atoms with Crippen molar-refractivity contribution in [1.82, 2.24) is 15.6 Å². The molecule has 0 saturated heterocycles. The summed E-state index contributed by atoms with van der Waals surface area (Å²) in [7, 11) is 1.68. The number of rotatable bonds is 4. The number of aryl methyl sites for hydroxylation is 1. The van der Waals surface area contributed by atoms with Crippen molar-refractivity contribution in [2.24, 2.45) is 0 Å². The lowest BCUT2D eigenvalue weighted by atomic mass is 9.92. The molecule has 0 radical (unpaired) electrons. The third kappa shape index (κ3) is 3.51. The summed E-state index contributed by atoms with van der Waals surface area (Å²) >= 11 is 0. The summed E-state index contributed by atoms with van der Waals surface area (Å²) in [4.78, 5) is 16.1. The van der Waals surface area contributed by atoms with Gasteiger partial charge < -0.3 is 29.8 Å². The second-order valence-corrected chi connectivity index (χ2v) is 7.73. The Hall–Kier alpha value is -3.35. The van der Waals surface area contributed by atoms with E-state index in [0.29, 0.717) is 18.9 Å². The molecule has 3 N–H and O–H groups in total. The van der Waals surface area contributed by atoms with Crippen LogP contribution >= 0.6 is 0 Å². The van der Waals surface area contributed by atoms with Gasteiger partial charge in [-0.1, -0.05) is 12.1 Å². The molecule has 3 aromatic rings. The fraction of sp³-hybridized carbons (Fsp3) is 0.348. The minimum absolute atomic E-state index is 0.0450. The first-order valence-electron chi connectivity index (χ1n) is 10.3. The monoisotopic (exact) mass is 407 g/mol. The van der Waals surface area contributed by atoms with Crippen LogP contribution in [0.1, 0.15) is 30.1 Å². The van der Waals surface area contributed by atoms with Crippen molar-refractivity contribution in [2.45, 2.75) is 31.4 Å². The first-order chi connectivity index (χ1) is 14.7. The number of amides is 2. The number of fused-ring (bicyclic) bond motifs is 4. The molecule has 0 saturated carbocycles. The number of aromatic nitrogens is 1. The molecule has 30 heavy (non-hydrogen) atoms. The van der Waals surface area contributed by atoms with Crippen molar-refractivity contribution in [3.05, 3.63) is 53.7 Å².